The van der Waals surface area contributed by atoms with E-state index in [9.17, 15) is 0 Å². The van der Waals surface area contributed by atoms with Crippen LogP contribution in [0.3, 0.4) is 0 Å². The number of rotatable bonds is 7. The molecule has 0 unspecified atom stereocenters. The Morgan fingerprint density at radius 1 is 1.33 bits per heavy atom. The zero-order valence-corrected chi connectivity index (χ0v) is 14.8. The lowest BCUT2D eigenvalue weighted by Gasteiger charge is -2.15. The Morgan fingerprint density at radius 2 is 2.14 bits per heavy atom. The number of hydrogen-bond acceptors (Lipinski definition) is 5. The van der Waals surface area contributed by atoms with E-state index in [0.717, 1.165) is 38.0 Å². The maximum Gasteiger partial charge on any atom is 0.175 e. The molecule has 0 saturated heterocycles. The summed E-state index contributed by atoms with van der Waals surface area (Å²) in [5.74, 6) is 1.50. The van der Waals surface area contributed by atoms with Gasteiger partial charge in [-0.05, 0) is 54.5 Å². The van der Waals surface area contributed by atoms with Gasteiger partial charge in [-0.15, -0.1) is 11.3 Å². The van der Waals surface area contributed by atoms with Crippen LogP contribution >= 0.6 is 27.3 Å². The van der Waals surface area contributed by atoms with E-state index in [4.69, 9.17) is 9.47 Å². The highest BCUT2D eigenvalue weighted by Crippen LogP contribution is 2.37. The van der Waals surface area contributed by atoms with Crippen LogP contribution in [0.4, 0.5) is 0 Å². The molecule has 6 heteroatoms. The summed E-state index contributed by atoms with van der Waals surface area (Å²) in [7, 11) is 1.92. The van der Waals surface area contributed by atoms with Crippen LogP contribution in [-0.2, 0) is 13.2 Å². The molecule has 114 valence electrons. The number of nitrogens with zero attached hydrogens (tertiary/aromatic N) is 1. The van der Waals surface area contributed by atoms with Crippen molar-refractivity contribution in [3.05, 3.63) is 38.3 Å². The molecule has 0 bridgehead atoms. The first-order chi connectivity index (χ1) is 10.1. The molecule has 0 saturated carbocycles. The number of ether oxygens (including phenoxy) is 2. The van der Waals surface area contributed by atoms with Crippen LogP contribution in [0.5, 0.6) is 11.5 Å². The molecule has 1 N–H and O–H groups in total. The lowest BCUT2D eigenvalue weighted by Crippen LogP contribution is -2.06. The van der Waals surface area contributed by atoms with Gasteiger partial charge in [-0.1, -0.05) is 0 Å². The van der Waals surface area contributed by atoms with Crippen molar-refractivity contribution in [2.45, 2.75) is 27.0 Å². The predicted octanol–water partition coefficient (Wildman–Crippen LogP) is 3.91. The molecule has 0 spiro atoms. The normalized spacial score (nSPS) is 10.7. The van der Waals surface area contributed by atoms with Crippen LogP contribution in [-0.4, -0.2) is 18.6 Å². The largest absolute Gasteiger partial charge is 0.490 e. The molecule has 2 aromatic rings. The summed E-state index contributed by atoms with van der Waals surface area (Å²) in [4.78, 5) is 5.33. The number of hydrogen-bond donors (Lipinski definition) is 1. The first kappa shape index (κ1) is 16.3. The molecule has 1 aromatic heterocycles. The summed E-state index contributed by atoms with van der Waals surface area (Å²) >= 11 is 5.21. The molecular formula is C15H19BrN2O2S. The van der Waals surface area contributed by atoms with E-state index in [2.05, 4.69) is 26.2 Å². The Kier molecular flexibility index (Phi) is 6.02. The fourth-order valence-electron chi connectivity index (χ4n) is 1.95. The Labute approximate surface area is 137 Å². The highest BCUT2D eigenvalue weighted by Gasteiger charge is 2.13. The van der Waals surface area contributed by atoms with Gasteiger partial charge in [-0.25, -0.2) is 4.98 Å². The molecule has 0 aliphatic carbocycles. The summed E-state index contributed by atoms with van der Waals surface area (Å²) in [6.07, 6.45) is 1.85. The molecule has 0 aliphatic heterocycles. The van der Waals surface area contributed by atoms with E-state index < -0.39 is 0 Å². The van der Waals surface area contributed by atoms with Crippen molar-refractivity contribution in [3.63, 3.8) is 0 Å². The number of benzene rings is 1. The number of aryl methyl sites for hydroxylation is 1. The zero-order chi connectivity index (χ0) is 15.2. The Balaban J connectivity index is 2.19. The highest BCUT2D eigenvalue weighted by molar-refractivity contribution is 9.10. The van der Waals surface area contributed by atoms with E-state index in [1.165, 1.54) is 0 Å². The minimum atomic E-state index is 0.496. The third-order valence-electron chi connectivity index (χ3n) is 2.78. The molecule has 0 amide bonds. The van der Waals surface area contributed by atoms with Gasteiger partial charge in [0.15, 0.2) is 11.5 Å². The molecule has 0 atom stereocenters. The predicted molar refractivity (Wildman–Crippen MR) is 89.3 cm³/mol. The van der Waals surface area contributed by atoms with Gasteiger partial charge in [0.2, 0.25) is 0 Å². The first-order valence-corrected chi connectivity index (χ1v) is 8.39. The summed E-state index contributed by atoms with van der Waals surface area (Å²) in [6.45, 7) is 5.84. The van der Waals surface area contributed by atoms with E-state index in [1.54, 1.807) is 11.3 Å². The van der Waals surface area contributed by atoms with Gasteiger partial charge < -0.3 is 14.8 Å². The molecule has 1 aromatic carbocycles. The van der Waals surface area contributed by atoms with Crippen LogP contribution in [0.25, 0.3) is 0 Å². The number of nitrogens with one attached hydrogen (secondary N) is 1. The number of halogens is 1. The molecule has 1 heterocycles. The van der Waals surface area contributed by atoms with Crippen LogP contribution in [0, 0.1) is 6.92 Å². The Bertz CT molecular complexity index is 601. The van der Waals surface area contributed by atoms with Gasteiger partial charge in [-0.3, -0.25) is 0 Å². The molecule has 4 nitrogen and oxygen atoms in total. The number of aromatic nitrogens is 1. The van der Waals surface area contributed by atoms with Crippen molar-refractivity contribution in [1.29, 1.82) is 0 Å². The summed E-state index contributed by atoms with van der Waals surface area (Å²) in [6, 6.07) is 4.06. The first-order valence-electron chi connectivity index (χ1n) is 6.78. The zero-order valence-electron chi connectivity index (χ0n) is 12.4. The third-order valence-corrected chi connectivity index (χ3v) is 4.25. The molecular weight excluding hydrogens is 352 g/mol. The smallest absolute Gasteiger partial charge is 0.175 e. The van der Waals surface area contributed by atoms with E-state index in [1.807, 2.05) is 39.2 Å². The molecule has 21 heavy (non-hydrogen) atoms. The van der Waals surface area contributed by atoms with Crippen LogP contribution in [0.15, 0.2) is 22.8 Å². The van der Waals surface area contributed by atoms with Crippen molar-refractivity contribution in [2.75, 3.05) is 13.7 Å². The van der Waals surface area contributed by atoms with E-state index in [0.29, 0.717) is 13.2 Å². The standard InChI is InChI=1S/C15H19BrN2O2S/c1-4-19-14-6-11(7-17-3)5-13(16)15(14)20-9-12-8-18-10(2)21-12/h5-6,8,17H,4,7,9H2,1-3H3. The van der Waals surface area contributed by atoms with Gasteiger partial charge in [-0.2, -0.15) is 0 Å². The van der Waals surface area contributed by atoms with E-state index >= 15 is 0 Å². The SMILES string of the molecule is CCOc1cc(CNC)cc(Br)c1OCc1cnc(C)s1. The second-order valence-electron chi connectivity index (χ2n) is 4.50. The van der Waals surface area contributed by atoms with Crippen LogP contribution in [0.1, 0.15) is 22.4 Å². The Morgan fingerprint density at radius 3 is 2.76 bits per heavy atom. The monoisotopic (exact) mass is 370 g/mol. The van der Waals surface area contributed by atoms with Crippen LogP contribution in [0.2, 0.25) is 0 Å². The molecule has 2 rings (SSSR count). The number of thiazole rings is 1. The average molecular weight is 371 g/mol. The van der Waals surface area contributed by atoms with Crippen molar-refractivity contribution < 1.29 is 9.47 Å². The molecule has 0 aliphatic rings. The molecule has 0 fully saturated rings. The van der Waals surface area contributed by atoms with Crippen molar-refractivity contribution in [2.24, 2.45) is 0 Å². The highest BCUT2D eigenvalue weighted by atomic mass is 79.9. The van der Waals surface area contributed by atoms with Gasteiger partial charge >= 0.3 is 0 Å². The van der Waals surface area contributed by atoms with Crippen LogP contribution < -0.4 is 14.8 Å². The minimum absolute atomic E-state index is 0.496. The molecule has 0 radical (unpaired) electrons. The van der Waals surface area contributed by atoms with Gasteiger partial charge in [0.1, 0.15) is 6.61 Å². The second kappa shape index (κ2) is 7.77. The summed E-state index contributed by atoms with van der Waals surface area (Å²) in [5, 5.41) is 4.18. The average Bonchev–Trinajstić information content (AvgIpc) is 2.84. The quantitative estimate of drug-likeness (QED) is 0.802. The van der Waals surface area contributed by atoms with Crippen molar-refractivity contribution >= 4 is 27.3 Å². The maximum atomic E-state index is 5.93. The van der Waals surface area contributed by atoms with E-state index in [-0.39, 0.29) is 0 Å². The third kappa shape index (κ3) is 4.43. The van der Waals surface area contributed by atoms with Crippen molar-refractivity contribution in [3.8, 4) is 11.5 Å². The summed E-state index contributed by atoms with van der Waals surface area (Å²) < 4.78 is 12.5. The maximum absolute atomic E-state index is 5.93. The lowest BCUT2D eigenvalue weighted by atomic mass is 10.2. The fraction of sp³-hybridized carbons (Fsp3) is 0.400. The minimum Gasteiger partial charge on any atom is -0.490 e. The topological polar surface area (TPSA) is 43.4 Å². The second-order valence-corrected chi connectivity index (χ2v) is 6.68. The van der Waals surface area contributed by atoms with Gasteiger partial charge in [0.25, 0.3) is 0 Å². The van der Waals surface area contributed by atoms with Crippen molar-refractivity contribution in [1.82, 2.24) is 10.3 Å². The lowest BCUT2D eigenvalue weighted by molar-refractivity contribution is 0.269. The van der Waals surface area contributed by atoms with Gasteiger partial charge in [0.05, 0.1) is 21.0 Å². The Hall–Kier alpha value is -1.11. The van der Waals surface area contributed by atoms with Gasteiger partial charge in [0, 0.05) is 12.7 Å². The fourth-order valence-corrected chi connectivity index (χ4v) is 3.26. The summed E-state index contributed by atoms with van der Waals surface area (Å²) in [5.41, 5.74) is 1.15.